The molecule has 202 valence electrons. The van der Waals surface area contributed by atoms with Gasteiger partial charge in [-0.15, -0.1) is 0 Å². The monoisotopic (exact) mass is 522 g/mol. The van der Waals surface area contributed by atoms with Crippen LogP contribution in [-0.4, -0.2) is 57.7 Å². The first-order chi connectivity index (χ1) is 18.5. The Hall–Kier alpha value is -3.76. The average Bonchev–Trinajstić information content (AvgIpc) is 2.94. The van der Waals surface area contributed by atoms with Crippen molar-refractivity contribution in [3.05, 3.63) is 90.5 Å². The maximum atomic E-state index is 13.1. The van der Waals surface area contributed by atoms with E-state index in [1.807, 2.05) is 60.7 Å². The minimum atomic E-state index is -0.945. The van der Waals surface area contributed by atoms with Crippen LogP contribution in [0.5, 0.6) is 11.5 Å². The number of carbonyl (C=O) groups is 2. The van der Waals surface area contributed by atoms with Crippen LogP contribution < -0.4 is 15.4 Å². The first-order valence-electron chi connectivity index (χ1n) is 12.3. The number of anilines is 1. The number of nitrogens with one attached hydrogen (secondary N) is 2. The Morgan fingerprint density at radius 2 is 1.47 bits per heavy atom. The van der Waals surface area contributed by atoms with Gasteiger partial charge in [0, 0.05) is 12.8 Å². The molecule has 0 heterocycles. The summed E-state index contributed by atoms with van der Waals surface area (Å²) in [6.45, 7) is 2.44. The molecule has 2 N–H and O–H groups in total. The molecular formula is C29H34N2O7. The van der Waals surface area contributed by atoms with Crippen molar-refractivity contribution in [1.82, 2.24) is 5.32 Å². The molecule has 0 fully saturated rings. The lowest BCUT2D eigenvalue weighted by Gasteiger charge is -2.20. The molecule has 2 amide bonds. The van der Waals surface area contributed by atoms with Gasteiger partial charge in [0.25, 0.3) is 0 Å². The zero-order valence-corrected chi connectivity index (χ0v) is 21.6. The van der Waals surface area contributed by atoms with Crippen LogP contribution in [-0.2, 0) is 35.1 Å². The Morgan fingerprint density at radius 3 is 2.16 bits per heavy atom. The summed E-state index contributed by atoms with van der Waals surface area (Å²) < 4.78 is 27.2. The van der Waals surface area contributed by atoms with E-state index in [1.54, 1.807) is 38.3 Å². The molecule has 0 aliphatic rings. The van der Waals surface area contributed by atoms with Crippen LogP contribution in [0.25, 0.3) is 0 Å². The fourth-order valence-corrected chi connectivity index (χ4v) is 3.29. The van der Waals surface area contributed by atoms with E-state index < -0.39 is 24.1 Å². The smallest absolute Gasteiger partial charge is 0.249 e. The standard InChI is InChI=1S/C29H34N2O7/c1-22(36-18-17-34-2)37-21-28(32)31-27(20-35-19-23-9-5-3-6-10-23)29(33)30-24-13-15-26(16-14-24)38-25-11-7-4-8-12-25/h3-16,22,27H,17-21H2,1-2H3,(H,30,33)(H,31,32). The molecule has 0 saturated heterocycles. The lowest BCUT2D eigenvalue weighted by molar-refractivity contribution is -0.155. The van der Waals surface area contributed by atoms with E-state index in [9.17, 15) is 9.59 Å². The van der Waals surface area contributed by atoms with Crippen molar-refractivity contribution in [2.75, 3.05) is 38.9 Å². The molecular weight excluding hydrogens is 488 g/mol. The summed E-state index contributed by atoms with van der Waals surface area (Å²) >= 11 is 0. The van der Waals surface area contributed by atoms with Gasteiger partial charge in [-0.05, 0) is 48.9 Å². The van der Waals surface area contributed by atoms with E-state index in [0.717, 1.165) is 5.56 Å². The minimum absolute atomic E-state index is 0.0262. The number of hydrogen-bond acceptors (Lipinski definition) is 7. The highest BCUT2D eigenvalue weighted by Crippen LogP contribution is 2.22. The number of carbonyl (C=O) groups excluding carboxylic acids is 2. The lowest BCUT2D eigenvalue weighted by Crippen LogP contribution is -2.48. The molecule has 3 aromatic carbocycles. The van der Waals surface area contributed by atoms with Crippen molar-refractivity contribution in [3.8, 4) is 11.5 Å². The third-order valence-electron chi connectivity index (χ3n) is 5.24. The molecule has 0 aliphatic heterocycles. The maximum Gasteiger partial charge on any atom is 0.249 e. The quantitative estimate of drug-likeness (QED) is 0.215. The van der Waals surface area contributed by atoms with Crippen molar-refractivity contribution in [1.29, 1.82) is 0 Å². The summed E-state index contributed by atoms with van der Waals surface area (Å²) in [5.41, 5.74) is 1.51. The molecule has 38 heavy (non-hydrogen) atoms. The van der Waals surface area contributed by atoms with Crippen molar-refractivity contribution in [2.24, 2.45) is 0 Å². The van der Waals surface area contributed by atoms with Crippen LogP contribution >= 0.6 is 0 Å². The number of amides is 2. The molecule has 9 nitrogen and oxygen atoms in total. The van der Waals surface area contributed by atoms with Gasteiger partial charge in [0.1, 0.15) is 24.1 Å². The second kappa shape index (κ2) is 16.2. The van der Waals surface area contributed by atoms with Crippen molar-refractivity contribution >= 4 is 17.5 Å². The zero-order chi connectivity index (χ0) is 27.0. The Kier molecular flexibility index (Phi) is 12.2. The molecule has 0 bridgehead atoms. The molecule has 0 spiro atoms. The first kappa shape index (κ1) is 28.8. The Morgan fingerprint density at radius 1 is 0.816 bits per heavy atom. The van der Waals surface area contributed by atoms with E-state index in [0.29, 0.717) is 37.0 Å². The van der Waals surface area contributed by atoms with Crippen LogP contribution in [0.3, 0.4) is 0 Å². The number of benzene rings is 3. The van der Waals surface area contributed by atoms with Gasteiger partial charge < -0.3 is 34.3 Å². The average molecular weight is 523 g/mol. The van der Waals surface area contributed by atoms with Gasteiger partial charge in [0.05, 0.1) is 26.4 Å². The van der Waals surface area contributed by atoms with Gasteiger partial charge in [-0.1, -0.05) is 48.5 Å². The summed E-state index contributed by atoms with van der Waals surface area (Å²) in [5.74, 6) is 0.447. The maximum absolute atomic E-state index is 13.1. The lowest BCUT2D eigenvalue weighted by atomic mass is 10.2. The Labute approximate surface area is 223 Å². The van der Waals surface area contributed by atoms with Gasteiger partial charge in [0.2, 0.25) is 11.8 Å². The van der Waals surface area contributed by atoms with Crippen LogP contribution in [0.15, 0.2) is 84.9 Å². The van der Waals surface area contributed by atoms with Crippen LogP contribution in [0.4, 0.5) is 5.69 Å². The SMILES string of the molecule is COCCOC(C)OCC(=O)NC(COCc1ccccc1)C(=O)Nc1ccc(Oc2ccccc2)cc1. The summed E-state index contributed by atoms with van der Waals surface area (Å²) in [5, 5.41) is 5.50. The zero-order valence-electron chi connectivity index (χ0n) is 21.6. The summed E-state index contributed by atoms with van der Waals surface area (Å²) in [6, 6.07) is 25.0. The topological polar surface area (TPSA) is 104 Å². The number of para-hydroxylation sites is 1. The molecule has 9 heteroatoms. The molecule has 3 aromatic rings. The molecule has 0 saturated carbocycles. The minimum Gasteiger partial charge on any atom is -0.457 e. The first-order valence-corrected chi connectivity index (χ1v) is 12.3. The molecule has 2 unspecified atom stereocenters. The third-order valence-corrected chi connectivity index (χ3v) is 5.24. The van der Waals surface area contributed by atoms with Gasteiger partial charge in [0.15, 0.2) is 6.29 Å². The highest BCUT2D eigenvalue weighted by molar-refractivity contribution is 5.97. The van der Waals surface area contributed by atoms with E-state index in [1.165, 1.54) is 0 Å². The Balaban J connectivity index is 1.55. The predicted molar refractivity (Wildman–Crippen MR) is 143 cm³/mol. The Bertz CT molecular complexity index is 1090. The molecule has 2 atom stereocenters. The molecule has 0 aliphatic carbocycles. The molecule has 0 radical (unpaired) electrons. The molecule has 3 rings (SSSR count). The largest absolute Gasteiger partial charge is 0.457 e. The number of hydrogen-bond donors (Lipinski definition) is 2. The fourth-order valence-electron chi connectivity index (χ4n) is 3.29. The second-order valence-corrected chi connectivity index (χ2v) is 8.29. The summed E-state index contributed by atoms with van der Waals surface area (Å²) in [4.78, 5) is 25.6. The van der Waals surface area contributed by atoms with E-state index >= 15 is 0 Å². The second-order valence-electron chi connectivity index (χ2n) is 8.29. The third kappa shape index (κ3) is 10.7. The predicted octanol–water partition coefficient (Wildman–Crippen LogP) is 4.14. The highest BCUT2D eigenvalue weighted by Gasteiger charge is 2.22. The molecule has 0 aromatic heterocycles. The van der Waals surface area contributed by atoms with Crippen LogP contribution in [0.2, 0.25) is 0 Å². The van der Waals surface area contributed by atoms with Gasteiger partial charge in [-0.2, -0.15) is 0 Å². The van der Waals surface area contributed by atoms with Crippen molar-refractivity contribution in [2.45, 2.75) is 25.9 Å². The van der Waals surface area contributed by atoms with E-state index in [4.69, 9.17) is 23.7 Å². The van der Waals surface area contributed by atoms with E-state index in [2.05, 4.69) is 10.6 Å². The summed E-state index contributed by atoms with van der Waals surface area (Å²) in [6.07, 6.45) is -0.603. The van der Waals surface area contributed by atoms with Gasteiger partial charge in [-0.3, -0.25) is 9.59 Å². The fraction of sp³-hybridized carbons (Fsp3) is 0.310. The number of rotatable bonds is 16. The van der Waals surface area contributed by atoms with Crippen LogP contribution in [0, 0.1) is 0 Å². The van der Waals surface area contributed by atoms with Gasteiger partial charge in [-0.25, -0.2) is 0 Å². The van der Waals surface area contributed by atoms with Crippen molar-refractivity contribution < 1.29 is 33.3 Å². The highest BCUT2D eigenvalue weighted by atomic mass is 16.7. The normalized spacial score (nSPS) is 12.4. The van der Waals surface area contributed by atoms with Gasteiger partial charge >= 0.3 is 0 Å². The number of ether oxygens (including phenoxy) is 5. The number of methoxy groups -OCH3 is 1. The van der Waals surface area contributed by atoms with Crippen molar-refractivity contribution in [3.63, 3.8) is 0 Å². The van der Waals surface area contributed by atoms with E-state index in [-0.39, 0.29) is 13.2 Å². The van der Waals surface area contributed by atoms with Crippen LogP contribution in [0.1, 0.15) is 12.5 Å². The summed E-state index contributed by atoms with van der Waals surface area (Å²) in [7, 11) is 1.57.